The van der Waals surface area contributed by atoms with Gasteiger partial charge in [-0.25, -0.2) is 9.48 Å². The van der Waals surface area contributed by atoms with Crippen molar-refractivity contribution >= 4 is 29.9 Å². The van der Waals surface area contributed by atoms with Crippen LogP contribution in [0, 0.1) is 0 Å². The first-order valence-electron chi connectivity index (χ1n) is 12.6. The largest absolute Gasteiger partial charge is 0.480 e. The Morgan fingerprint density at radius 3 is 2.33 bits per heavy atom. The Morgan fingerprint density at radius 2 is 1.77 bits per heavy atom. The molecular formula is C26H30N8O4S. The lowest BCUT2D eigenvalue weighted by Crippen LogP contribution is -2.70. The number of carboxylic acid groups (broad SMARTS) is 1. The molecule has 12 nitrogen and oxygen atoms in total. The number of carbonyl (C=O) groups excluding carboxylic acids is 2. The van der Waals surface area contributed by atoms with Gasteiger partial charge in [0, 0.05) is 43.3 Å². The molecule has 0 radical (unpaired) electrons. The van der Waals surface area contributed by atoms with Crippen LogP contribution in [0.1, 0.15) is 37.0 Å². The van der Waals surface area contributed by atoms with Crippen LogP contribution in [0.2, 0.25) is 0 Å². The third-order valence-corrected chi connectivity index (χ3v) is 8.46. The highest BCUT2D eigenvalue weighted by atomic mass is 32.2. The summed E-state index contributed by atoms with van der Waals surface area (Å²) in [4.78, 5) is 48.9. The fourth-order valence-electron chi connectivity index (χ4n) is 5.04. The summed E-state index contributed by atoms with van der Waals surface area (Å²) in [6, 6.07) is 9.44. The minimum atomic E-state index is -1.01. The third kappa shape index (κ3) is 5.70. The second kappa shape index (κ2) is 11.2. The number of pyridine rings is 2. The summed E-state index contributed by atoms with van der Waals surface area (Å²) in [6.45, 7) is 5.44. The number of aromatic nitrogens is 5. The van der Waals surface area contributed by atoms with Crippen LogP contribution in [-0.2, 0) is 34.0 Å². The Balaban J connectivity index is 1.23. The van der Waals surface area contributed by atoms with Gasteiger partial charge in [-0.2, -0.15) is 0 Å². The number of nitrogens with zero attached hydrogens (tertiary/aromatic N) is 7. The number of nitrogens with one attached hydrogen (secondary N) is 1. The Bertz CT molecular complexity index is 1280. The predicted molar refractivity (Wildman–Crippen MR) is 142 cm³/mol. The van der Waals surface area contributed by atoms with Gasteiger partial charge in [0.2, 0.25) is 5.91 Å². The SMILES string of the molecule is CC1(C)SC2[C@H](NCC(C=O)n3cc(CN(Cc4ccccn4)Cc4ccccn4)nn3)C(=O)N2[C@H]1C(=O)O. The lowest BCUT2D eigenvalue weighted by Gasteiger charge is -2.44. The van der Waals surface area contributed by atoms with E-state index in [1.165, 1.54) is 21.3 Å². The zero-order valence-electron chi connectivity index (χ0n) is 21.6. The number of rotatable bonds is 12. The molecule has 3 aromatic heterocycles. The molecule has 39 heavy (non-hydrogen) atoms. The zero-order valence-corrected chi connectivity index (χ0v) is 22.4. The molecular weight excluding hydrogens is 520 g/mol. The molecule has 2 unspecified atom stereocenters. The van der Waals surface area contributed by atoms with Gasteiger partial charge >= 0.3 is 5.97 Å². The molecule has 2 saturated heterocycles. The van der Waals surface area contributed by atoms with Crippen LogP contribution >= 0.6 is 11.8 Å². The third-order valence-electron chi connectivity index (χ3n) is 6.89. The normalized spacial score (nSPS) is 22.4. The van der Waals surface area contributed by atoms with E-state index in [4.69, 9.17) is 0 Å². The number of aliphatic carboxylic acids is 1. The highest BCUT2D eigenvalue weighted by molar-refractivity contribution is 8.01. The van der Waals surface area contributed by atoms with Crippen LogP contribution in [0.5, 0.6) is 0 Å². The Kier molecular flexibility index (Phi) is 7.73. The molecule has 2 aliphatic rings. The summed E-state index contributed by atoms with van der Waals surface area (Å²) in [5.74, 6) is -1.28. The maximum absolute atomic E-state index is 12.8. The number of amides is 1. The fraction of sp³-hybridized carbons (Fsp3) is 0.423. The molecule has 0 aliphatic carbocycles. The summed E-state index contributed by atoms with van der Waals surface area (Å²) in [5, 5.41) is 20.9. The number of fused-ring (bicyclic) bond motifs is 1. The molecule has 5 rings (SSSR count). The summed E-state index contributed by atoms with van der Waals surface area (Å²) in [7, 11) is 0. The zero-order chi connectivity index (χ0) is 27.6. The molecule has 2 N–H and O–H groups in total. The topological polar surface area (TPSA) is 146 Å². The van der Waals surface area contributed by atoms with Crippen molar-refractivity contribution in [2.75, 3.05) is 6.54 Å². The standard InChI is InChI=1S/C26H30N8O4S/c1-26(2)22(25(37)38)34-23(36)21(24(34)39-26)29-11-20(16-35)33-15-19(30-31-33)14-32(12-17-7-3-5-9-27-17)13-18-8-4-6-10-28-18/h3-10,15-16,20-22,24,29H,11-14H2,1-2H3,(H,37,38)/t20?,21-,22+,24?/m1/s1. The second-order valence-electron chi connectivity index (χ2n) is 10.2. The molecule has 4 atom stereocenters. The van der Waals surface area contributed by atoms with Gasteiger partial charge in [-0.3, -0.25) is 19.7 Å². The average Bonchev–Trinajstić information content (AvgIpc) is 3.47. The van der Waals surface area contributed by atoms with Crippen molar-refractivity contribution in [1.29, 1.82) is 0 Å². The van der Waals surface area contributed by atoms with Gasteiger partial charge in [-0.1, -0.05) is 17.3 Å². The van der Waals surface area contributed by atoms with Crippen LogP contribution in [0.25, 0.3) is 0 Å². The highest BCUT2D eigenvalue weighted by Crippen LogP contribution is 2.50. The lowest BCUT2D eigenvalue weighted by atomic mass is 9.96. The van der Waals surface area contributed by atoms with Crippen LogP contribution in [0.15, 0.2) is 55.0 Å². The molecule has 204 valence electrons. The number of β-lactam (4-membered cyclic amide) rings is 1. The smallest absolute Gasteiger partial charge is 0.327 e. The Labute approximate surface area is 229 Å². The van der Waals surface area contributed by atoms with Crippen LogP contribution in [-0.4, -0.2) is 86.8 Å². The number of aldehydes is 1. The van der Waals surface area contributed by atoms with E-state index in [0.717, 1.165) is 17.7 Å². The first-order valence-corrected chi connectivity index (χ1v) is 13.5. The van der Waals surface area contributed by atoms with Crippen molar-refractivity contribution in [3.05, 3.63) is 72.1 Å². The average molecular weight is 551 g/mol. The minimum absolute atomic E-state index is 0.164. The van der Waals surface area contributed by atoms with E-state index >= 15 is 0 Å². The molecule has 5 heterocycles. The maximum Gasteiger partial charge on any atom is 0.327 e. The lowest BCUT2D eigenvalue weighted by molar-refractivity contribution is -0.160. The van der Waals surface area contributed by atoms with Gasteiger partial charge in [0.1, 0.15) is 29.8 Å². The van der Waals surface area contributed by atoms with Gasteiger partial charge in [-0.15, -0.1) is 16.9 Å². The van der Waals surface area contributed by atoms with E-state index in [1.807, 2.05) is 50.2 Å². The summed E-state index contributed by atoms with van der Waals surface area (Å²) in [6.07, 6.45) is 6.00. The highest BCUT2D eigenvalue weighted by Gasteiger charge is 2.63. The van der Waals surface area contributed by atoms with Crippen molar-refractivity contribution in [3.8, 4) is 0 Å². The van der Waals surface area contributed by atoms with Crippen LogP contribution in [0.4, 0.5) is 0 Å². The summed E-state index contributed by atoms with van der Waals surface area (Å²) >= 11 is 1.46. The molecule has 2 aliphatic heterocycles. The van der Waals surface area contributed by atoms with Gasteiger partial charge in [0.05, 0.1) is 23.3 Å². The second-order valence-corrected chi connectivity index (χ2v) is 11.9. The van der Waals surface area contributed by atoms with E-state index < -0.39 is 28.8 Å². The Hall–Kier alpha value is -3.68. The molecule has 0 bridgehead atoms. The van der Waals surface area contributed by atoms with Gasteiger partial charge in [-0.05, 0) is 38.1 Å². The molecule has 1 amide bonds. The van der Waals surface area contributed by atoms with Gasteiger partial charge in [0.25, 0.3) is 0 Å². The number of hydrogen-bond acceptors (Lipinski definition) is 10. The van der Waals surface area contributed by atoms with E-state index in [-0.39, 0.29) is 17.8 Å². The van der Waals surface area contributed by atoms with Crippen molar-refractivity contribution in [2.45, 2.75) is 61.7 Å². The molecule has 0 saturated carbocycles. The van der Waals surface area contributed by atoms with E-state index in [0.29, 0.717) is 25.3 Å². The Morgan fingerprint density at radius 1 is 1.13 bits per heavy atom. The van der Waals surface area contributed by atoms with Crippen LogP contribution < -0.4 is 5.32 Å². The number of hydrogen-bond donors (Lipinski definition) is 2. The number of carboxylic acids is 1. The quantitative estimate of drug-likeness (QED) is 0.247. The summed E-state index contributed by atoms with van der Waals surface area (Å²) in [5.41, 5.74) is 2.50. The van der Waals surface area contributed by atoms with Gasteiger partial charge in [0.15, 0.2) is 0 Å². The van der Waals surface area contributed by atoms with E-state index in [2.05, 4.69) is 30.5 Å². The number of carbonyl (C=O) groups is 3. The van der Waals surface area contributed by atoms with Crippen molar-refractivity contribution in [3.63, 3.8) is 0 Å². The monoisotopic (exact) mass is 550 g/mol. The molecule has 0 aromatic carbocycles. The van der Waals surface area contributed by atoms with Crippen molar-refractivity contribution in [2.24, 2.45) is 0 Å². The van der Waals surface area contributed by atoms with Crippen LogP contribution in [0.3, 0.4) is 0 Å². The molecule has 13 heteroatoms. The van der Waals surface area contributed by atoms with Gasteiger partial charge < -0.3 is 20.1 Å². The molecule has 2 fully saturated rings. The van der Waals surface area contributed by atoms with Crippen molar-refractivity contribution < 1.29 is 19.5 Å². The first kappa shape index (κ1) is 26.9. The number of thioether (sulfide) groups is 1. The van der Waals surface area contributed by atoms with E-state index in [1.54, 1.807) is 18.6 Å². The van der Waals surface area contributed by atoms with E-state index in [9.17, 15) is 19.5 Å². The molecule has 0 spiro atoms. The minimum Gasteiger partial charge on any atom is -0.480 e. The predicted octanol–water partition coefficient (Wildman–Crippen LogP) is 1.12. The fourth-order valence-corrected chi connectivity index (χ4v) is 6.69. The maximum atomic E-state index is 12.8. The summed E-state index contributed by atoms with van der Waals surface area (Å²) < 4.78 is 0.881. The molecule has 3 aromatic rings. The van der Waals surface area contributed by atoms with Crippen molar-refractivity contribution in [1.82, 2.24) is 40.1 Å². The first-order chi connectivity index (χ1) is 18.8.